The first-order chi connectivity index (χ1) is 9.63. The van der Waals surface area contributed by atoms with Gasteiger partial charge in [0.15, 0.2) is 10.1 Å². The molecule has 3 heterocycles. The van der Waals surface area contributed by atoms with Gasteiger partial charge in [0.2, 0.25) is 5.76 Å². The van der Waals surface area contributed by atoms with Crippen LogP contribution in [0.3, 0.4) is 0 Å². The zero-order valence-corrected chi connectivity index (χ0v) is 11.6. The van der Waals surface area contributed by atoms with E-state index in [1.165, 1.54) is 39.6 Å². The summed E-state index contributed by atoms with van der Waals surface area (Å²) in [4.78, 5) is 27.5. The number of nitrogens with zero attached hydrogens (tertiary/aromatic N) is 2. The van der Waals surface area contributed by atoms with Crippen LogP contribution in [0.15, 0.2) is 44.1 Å². The van der Waals surface area contributed by atoms with E-state index in [9.17, 15) is 9.59 Å². The van der Waals surface area contributed by atoms with Gasteiger partial charge in [0.1, 0.15) is 0 Å². The second-order valence-corrected chi connectivity index (χ2v) is 5.71. The number of carboxylic acid groups (broad SMARTS) is 1. The maximum atomic E-state index is 11.8. The molecular formula is C12H8N2O4S2. The highest BCUT2D eigenvalue weighted by Gasteiger charge is 2.10. The number of furan rings is 1. The number of rotatable bonds is 4. The molecule has 3 rings (SSSR count). The summed E-state index contributed by atoms with van der Waals surface area (Å²) in [6.07, 6.45) is 1.68. The molecule has 0 aliphatic heterocycles. The van der Waals surface area contributed by atoms with Gasteiger partial charge >= 0.3 is 5.97 Å². The number of carboxylic acids is 1. The van der Waals surface area contributed by atoms with Crippen LogP contribution in [0.4, 0.5) is 0 Å². The summed E-state index contributed by atoms with van der Waals surface area (Å²) >= 11 is 2.68. The van der Waals surface area contributed by atoms with Gasteiger partial charge in [-0.05, 0) is 12.1 Å². The van der Waals surface area contributed by atoms with Crippen molar-refractivity contribution in [2.24, 2.45) is 0 Å². The van der Waals surface area contributed by atoms with Gasteiger partial charge < -0.3 is 9.52 Å². The molecule has 0 radical (unpaired) electrons. The average molecular weight is 308 g/mol. The molecule has 0 spiro atoms. The first-order valence-corrected chi connectivity index (χ1v) is 7.42. The third kappa shape index (κ3) is 2.47. The van der Waals surface area contributed by atoms with E-state index >= 15 is 0 Å². The third-order valence-corrected chi connectivity index (χ3v) is 4.21. The highest BCUT2D eigenvalue weighted by molar-refractivity contribution is 7.98. The molecule has 0 saturated heterocycles. The second kappa shape index (κ2) is 5.14. The molecule has 3 aromatic heterocycles. The van der Waals surface area contributed by atoms with Crippen molar-refractivity contribution in [3.05, 3.63) is 51.6 Å². The topological polar surface area (TPSA) is 84.8 Å². The van der Waals surface area contributed by atoms with Crippen LogP contribution < -0.4 is 5.56 Å². The van der Waals surface area contributed by atoms with Gasteiger partial charge in [-0.15, -0.1) is 11.3 Å². The Morgan fingerprint density at radius 2 is 2.35 bits per heavy atom. The first-order valence-electron chi connectivity index (χ1n) is 5.55. The maximum absolute atomic E-state index is 11.8. The lowest BCUT2D eigenvalue weighted by Crippen LogP contribution is -2.12. The quantitative estimate of drug-likeness (QED) is 0.745. The van der Waals surface area contributed by atoms with Crippen LogP contribution in [0, 0.1) is 0 Å². The number of fused-ring (bicyclic) bond motifs is 1. The Morgan fingerprint density at radius 3 is 3.10 bits per heavy atom. The largest absolute Gasteiger partial charge is 0.475 e. The van der Waals surface area contributed by atoms with Crippen LogP contribution in [0.2, 0.25) is 0 Å². The molecule has 0 saturated carbocycles. The van der Waals surface area contributed by atoms with Crippen LogP contribution in [0.25, 0.3) is 4.96 Å². The van der Waals surface area contributed by atoms with Gasteiger partial charge in [0.25, 0.3) is 5.56 Å². The minimum Gasteiger partial charge on any atom is -0.475 e. The molecular weight excluding hydrogens is 300 g/mol. The first kappa shape index (κ1) is 12.9. The summed E-state index contributed by atoms with van der Waals surface area (Å²) in [7, 11) is 0. The van der Waals surface area contributed by atoms with Crippen LogP contribution in [0.5, 0.6) is 0 Å². The van der Waals surface area contributed by atoms with Crippen LogP contribution in [-0.4, -0.2) is 20.5 Å². The van der Waals surface area contributed by atoms with E-state index in [2.05, 4.69) is 4.98 Å². The summed E-state index contributed by atoms with van der Waals surface area (Å²) < 4.78 is 6.60. The molecule has 1 N–H and O–H groups in total. The Hall–Kier alpha value is -2.06. The molecule has 0 bridgehead atoms. The number of thioether (sulfide) groups is 1. The minimum atomic E-state index is -1.10. The Morgan fingerprint density at radius 1 is 1.50 bits per heavy atom. The van der Waals surface area contributed by atoms with Crippen molar-refractivity contribution in [2.75, 3.05) is 0 Å². The van der Waals surface area contributed by atoms with E-state index in [1.54, 1.807) is 17.6 Å². The van der Waals surface area contributed by atoms with Gasteiger partial charge in [-0.1, -0.05) is 11.8 Å². The van der Waals surface area contributed by atoms with E-state index in [4.69, 9.17) is 9.52 Å². The number of aromatic nitrogens is 2. The summed E-state index contributed by atoms with van der Waals surface area (Å²) in [5.74, 6) is -0.765. The molecule has 0 aromatic carbocycles. The number of hydrogen-bond acceptors (Lipinski definition) is 6. The average Bonchev–Trinajstić information content (AvgIpc) is 3.05. The van der Waals surface area contributed by atoms with Crippen molar-refractivity contribution in [3.8, 4) is 0 Å². The number of aromatic carboxylic acids is 1. The maximum Gasteiger partial charge on any atom is 0.371 e. The molecule has 3 aromatic rings. The molecule has 0 atom stereocenters. The summed E-state index contributed by atoms with van der Waals surface area (Å²) in [6, 6.07) is 4.45. The zero-order valence-electron chi connectivity index (χ0n) is 9.98. The third-order valence-electron chi connectivity index (χ3n) is 2.51. The summed E-state index contributed by atoms with van der Waals surface area (Å²) in [5, 5.41) is 11.0. The molecule has 0 unspecified atom stereocenters. The minimum absolute atomic E-state index is 0.103. The molecule has 102 valence electrons. The standard InChI is InChI=1S/C12H8N2O4S2/c15-9-5-7(13-12-14(9)3-4-19-12)6-20-10-2-1-8(18-10)11(16)17/h1-5H,6H2,(H,16,17). The lowest BCUT2D eigenvalue weighted by molar-refractivity contribution is 0.0656. The highest BCUT2D eigenvalue weighted by Crippen LogP contribution is 2.24. The normalized spacial score (nSPS) is 11.0. The fraction of sp³-hybridized carbons (Fsp3) is 0.0833. The fourth-order valence-electron chi connectivity index (χ4n) is 1.62. The lowest BCUT2D eigenvalue weighted by Gasteiger charge is -1.99. The van der Waals surface area contributed by atoms with Gasteiger partial charge in [0, 0.05) is 23.4 Å². The van der Waals surface area contributed by atoms with Crippen molar-refractivity contribution in [1.29, 1.82) is 0 Å². The Balaban J connectivity index is 1.79. The van der Waals surface area contributed by atoms with Gasteiger partial charge in [-0.3, -0.25) is 9.20 Å². The van der Waals surface area contributed by atoms with E-state index < -0.39 is 5.97 Å². The Kier molecular flexibility index (Phi) is 3.33. The van der Waals surface area contributed by atoms with Crippen molar-refractivity contribution >= 4 is 34.0 Å². The highest BCUT2D eigenvalue weighted by atomic mass is 32.2. The van der Waals surface area contributed by atoms with E-state index in [-0.39, 0.29) is 11.3 Å². The lowest BCUT2D eigenvalue weighted by atomic mass is 10.4. The van der Waals surface area contributed by atoms with E-state index in [0.29, 0.717) is 21.5 Å². The fourth-order valence-corrected chi connectivity index (χ4v) is 3.11. The monoisotopic (exact) mass is 308 g/mol. The molecule has 0 fully saturated rings. The number of carbonyl (C=O) groups is 1. The van der Waals surface area contributed by atoms with Gasteiger partial charge in [-0.2, -0.15) is 0 Å². The summed E-state index contributed by atoms with van der Waals surface area (Å²) in [6.45, 7) is 0. The van der Waals surface area contributed by atoms with Crippen molar-refractivity contribution in [2.45, 2.75) is 10.8 Å². The number of thiazole rings is 1. The number of hydrogen-bond donors (Lipinski definition) is 1. The SMILES string of the molecule is O=C(O)c1ccc(SCc2cc(=O)n3ccsc3n2)o1. The molecule has 6 nitrogen and oxygen atoms in total. The molecule has 0 aliphatic carbocycles. The second-order valence-electron chi connectivity index (χ2n) is 3.85. The smallest absolute Gasteiger partial charge is 0.371 e. The summed E-state index contributed by atoms with van der Waals surface area (Å²) in [5.41, 5.74) is 0.508. The van der Waals surface area contributed by atoms with Crippen molar-refractivity contribution in [3.63, 3.8) is 0 Å². The van der Waals surface area contributed by atoms with Crippen LogP contribution >= 0.6 is 23.1 Å². The molecule has 0 amide bonds. The predicted octanol–water partition coefficient (Wildman–Crippen LogP) is 2.34. The molecule has 20 heavy (non-hydrogen) atoms. The zero-order chi connectivity index (χ0) is 14.1. The van der Waals surface area contributed by atoms with E-state index in [1.807, 2.05) is 0 Å². The van der Waals surface area contributed by atoms with Gasteiger partial charge in [0.05, 0.1) is 5.69 Å². The Labute approximate surface area is 120 Å². The Bertz CT molecular complexity index is 833. The van der Waals surface area contributed by atoms with Crippen molar-refractivity contribution < 1.29 is 14.3 Å². The van der Waals surface area contributed by atoms with Crippen LogP contribution in [-0.2, 0) is 5.75 Å². The van der Waals surface area contributed by atoms with E-state index in [0.717, 1.165) is 0 Å². The van der Waals surface area contributed by atoms with Crippen molar-refractivity contribution in [1.82, 2.24) is 9.38 Å². The van der Waals surface area contributed by atoms with Crippen LogP contribution in [0.1, 0.15) is 16.2 Å². The van der Waals surface area contributed by atoms with Gasteiger partial charge in [-0.25, -0.2) is 9.78 Å². The molecule has 8 heteroatoms. The predicted molar refractivity (Wildman–Crippen MR) is 74.6 cm³/mol. The molecule has 0 aliphatic rings.